The third-order valence-corrected chi connectivity index (χ3v) is 8.26. The fraction of sp³-hybridized carbons (Fsp3) is 0.520. The van der Waals surface area contributed by atoms with E-state index in [2.05, 4.69) is 15.6 Å². The van der Waals surface area contributed by atoms with Gasteiger partial charge in [-0.1, -0.05) is 12.1 Å². The number of carbonyl (C=O) groups is 1. The number of thiazole rings is 1. The van der Waals surface area contributed by atoms with Gasteiger partial charge >= 0.3 is 0 Å². The molecule has 4 heterocycles. The summed E-state index contributed by atoms with van der Waals surface area (Å²) >= 11 is 1.52. The Morgan fingerprint density at radius 1 is 1.09 bits per heavy atom. The third kappa shape index (κ3) is 4.34. The summed E-state index contributed by atoms with van der Waals surface area (Å²) in [5.41, 5.74) is 1.27. The Morgan fingerprint density at radius 3 is 2.65 bits per heavy atom. The number of nitrogens with zero attached hydrogens (tertiary/aromatic N) is 3. The Balaban J connectivity index is 1.31. The summed E-state index contributed by atoms with van der Waals surface area (Å²) in [6.07, 6.45) is 5.85. The second kappa shape index (κ2) is 9.11. The highest BCUT2D eigenvalue weighted by Crippen LogP contribution is 2.35. The molecule has 0 radical (unpaired) electrons. The van der Waals surface area contributed by atoms with Crippen LogP contribution in [-0.4, -0.2) is 58.0 Å². The fourth-order valence-corrected chi connectivity index (χ4v) is 6.10. The van der Waals surface area contributed by atoms with E-state index in [0.717, 1.165) is 80.7 Å². The van der Waals surface area contributed by atoms with Crippen molar-refractivity contribution in [3.63, 3.8) is 0 Å². The monoisotopic (exact) mass is 478 g/mol. The molecule has 3 fully saturated rings. The van der Waals surface area contributed by atoms with E-state index in [9.17, 15) is 9.59 Å². The van der Waals surface area contributed by atoms with Crippen LogP contribution in [0.4, 0.5) is 5.82 Å². The maximum atomic E-state index is 13.4. The summed E-state index contributed by atoms with van der Waals surface area (Å²) in [6.45, 7) is 3.34. The lowest BCUT2D eigenvalue weighted by molar-refractivity contribution is -0.133. The molecule has 3 aromatic rings. The van der Waals surface area contributed by atoms with E-state index in [1.54, 1.807) is 0 Å². The number of hydrogen-bond donors (Lipinski definition) is 3. The van der Waals surface area contributed by atoms with Crippen molar-refractivity contribution in [2.45, 2.75) is 50.5 Å². The van der Waals surface area contributed by atoms with E-state index < -0.39 is 0 Å². The summed E-state index contributed by atoms with van der Waals surface area (Å²) in [6, 6.07) is 8.18. The molecule has 2 saturated heterocycles. The summed E-state index contributed by atoms with van der Waals surface area (Å²) in [4.78, 5) is 40.7. The average Bonchev–Trinajstić information content (AvgIpc) is 3.63. The first-order valence-electron chi connectivity index (χ1n) is 12.4. The van der Waals surface area contributed by atoms with Crippen molar-refractivity contribution >= 4 is 33.3 Å². The molecule has 6 rings (SSSR count). The van der Waals surface area contributed by atoms with Gasteiger partial charge in [-0.3, -0.25) is 9.59 Å². The first-order chi connectivity index (χ1) is 16.7. The number of nitrogens with one attached hydrogen (secondary N) is 3. The standard InChI is InChI=1S/C25H30N6O2S/c32-23-20(24-28-18-5-1-2-6-19(18)34-24)22(27-17-4-3-11-26-14-17)29-21(30-23)15-9-12-31(13-10-15)25(33)16-7-8-16/h1-2,5-6,15-17,26H,3-4,7-14H2,(H2,27,29,30,32)/t17-/m1/s1. The highest BCUT2D eigenvalue weighted by atomic mass is 32.1. The Labute approximate surface area is 202 Å². The number of hydrogen-bond acceptors (Lipinski definition) is 7. The van der Waals surface area contributed by atoms with Crippen LogP contribution in [0.5, 0.6) is 0 Å². The first-order valence-corrected chi connectivity index (χ1v) is 13.2. The van der Waals surface area contributed by atoms with Crippen molar-refractivity contribution in [2.75, 3.05) is 31.5 Å². The molecule has 3 N–H and O–H groups in total. The number of benzene rings is 1. The van der Waals surface area contributed by atoms with E-state index in [0.29, 0.717) is 22.3 Å². The Kier molecular flexibility index (Phi) is 5.82. The van der Waals surface area contributed by atoms with Crippen molar-refractivity contribution in [1.29, 1.82) is 0 Å². The van der Waals surface area contributed by atoms with E-state index in [1.807, 2.05) is 29.2 Å². The van der Waals surface area contributed by atoms with Crippen LogP contribution in [-0.2, 0) is 4.79 Å². The molecule has 3 aliphatic rings. The number of likely N-dealkylation sites (tertiary alicyclic amines) is 1. The van der Waals surface area contributed by atoms with Crippen molar-refractivity contribution < 1.29 is 4.79 Å². The van der Waals surface area contributed by atoms with Crippen LogP contribution >= 0.6 is 11.3 Å². The Morgan fingerprint density at radius 2 is 1.91 bits per heavy atom. The fourth-order valence-electron chi connectivity index (χ4n) is 5.10. The smallest absolute Gasteiger partial charge is 0.263 e. The number of aromatic amines is 1. The van der Waals surface area contributed by atoms with Crippen molar-refractivity contribution in [1.82, 2.24) is 25.2 Å². The Hall–Kier alpha value is -2.78. The number of anilines is 1. The van der Waals surface area contributed by atoms with Gasteiger partial charge in [0.15, 0.2) is 0 Å². The molecule has 1 amide bonds. The van der Waals surface area contributed by atoms with Crippen LogP contribution in [0.2, 0.25) is 0 Å². The van der Waals surface area contributed by atoms with Gasteiger partial charge in [0.25, 0.3) is 5.56 Å². The molecular weight excluding hydrogens is 448 g/mol. The third-order valence-electron chi connectivity index (χ3n) is 7.20. The van der Waals surface area contributed by atoms with Crippen molar-refractivity contribution in [2.24, 2.45) is 5.92 Å². The van der Waals surface area contributed by atoms with Gasteiger partial charge in [0, 0.05) is 37.5 Å². The Bertz CT molecular complexity index is 1220. The number of aromatic nitrogens is 3. The summed E-state index contributed by atoms with van der Waals surface area (Å²) < 4.78 is 1.05. The number of amides is 1. The van der Waals surface area contributed by atoms with E-state index >= 15 is 0 Å². The molecule has 2 aromatic heterocycles. The van der Waals surface area contributed by atoms with Crippen LogP contribution in [0.1, 0.15) is 50.3 Å². The average molecular weight is 479 g/mol. The SMILES string of the molecule is O=C(C1CC1)N1CCC(c2nc(N[C@@H]3CCCNC3)c(-c3nc4ccccc4s3)c(=O)[nH]2)CC1. The van der Waals surface area contributed by atoms with Crippen LogP contribution in [0.3, 0.4) is 0 Å². The molecule has 0 unspecified atom stereocenters. The van der Waals surface area contributed by atoms with Gasteiger partial charge in [-0.25, -0.2) is 9.97 Å². The number of rotatable bonds is 5. The van der Waals surface area contributed by atoms with Crippen LogP contribution < -0.4 is 16.2 Å². The lowest BCUT2D eigenvalue weighted by Gasteiger charge is -2.32. The number of H-pyrrole nitrogens is 1. The van der Waals surface area contributed by atoms with Crippen LogP contribution in [0.25, 0.3) is 20.8 Å². The van der Waals surface area contributed by atoms with Gasteiger partial charge in [0.2, 0.25) is 5.91 Å². The predicted molar refractivity (Wildman–Crippen MR) is 134 cm³/mol. The minimum absolute atomic E-state index is 0.144. The second-order valence-corrected chi connectivity index (χ2v) is 10.8. The maximum Gasteiger partial charge on any atom is 0.263 e. The molecule has 2 aliphatic heterocycles. The van der Waals surface area contributed by atoms with Gasteiger partial charge in [-0.15, -0.1) is 11.3 Å². The van der Waals surface area contributed by atoms with Crippen LogP contribution in [0, 0.1) is 5.92 Å². The van der Waals surface area contributed by atoms with E-state index in [4.69, 9.17) is 9.97 Å². The van der Waals surface area contributed by atoms with Crippen LogP contribution in [0.15, 0.2) is 29.1 Å². The van der Waals surface area contributed by atoms with E-state index in [1.165, 1.54) is 11.3 Å². The van der Waals surface area contributed by atoms with Gasteiger partial charge in [-0.2, -0.15) is 0 Å². The zero-order chi connectivity index (χ0) is 23.1. The lowest BCUT2D eigenvalue weighted by atomic mass is 9.95. The molecule has 34 heavy (non-hydrogen) atoms. The second-order valence-electron chi connectivity index (χ2n) is 9.72. The molecule has 1 atom stereocenters. The van der Waals surface area contributed by atoms with Crippen molar-refractivity contribution in [3.8, 4) is 10.6 Å². The molecule has 1 aromatic carbocycles. The summed E-state index contributed by atoms with van der Waals surface area (Å²) in [7, 11) is 0. The largest absolute Gasteiger partial charge is 0.365 e. The predicted octanol–water partition coefficient (Wildman–Crippen LogP) is 3.33. The molecule has 0 bridgehead atoms. The first kappa shape index (κ1) is 21.7. The number of fused-ring (bicyclic) bond motifs is 1. The quantitative estimate of drug-likeness (QED) is 0.520. The highest BCUT2D eigenvalue weighted by Gasteiger charge is 2.35. The van der Waals surface area contributed by atoms with Gasteiger partial charge in [0.05, 0.1) is 10.2 Å². The van der Waals surface area contributed by atoms with Gasteiger partial charge in [0.1, 0.15) is 22.2 Å². The zero-order valence-corrected chi connectivity index (χ0v) is 20.0. The minimum atomic E-state index is -0.146. The number of carbonyl (C=O) groups excluding carboxylic acids is 1. The highest BCUT2D eigenvalue weighted by molar-refractivity contribution is 7.21. The van der Waals surface area contributed by atoms with Gasteiger partial charge in [-0.05, 0) is 57.2 Å². The lowest BCUT2D eigenvalue weighted by Crippen LogP contribution is -2.40. The topological polar surface area (TPSA) is 103 Å². The normalized spacial score (nSPS) is 21.6. The van der Waals surface area contributed by atoms with E-state index in [-0.39, 0.29) is 23.4 Å². The molecule has 8 nitrogen and oxygen atoms in total. The molecule has 178 valence electrons. The molecular formula is C25H30N6O2S. The number of piperidine rings is 2. The zero-order valence-electron chi connectivity index (χ0n) is 19.2. The maximum absolute atomic E-state index is 13.4. The molecule has 9 heteroatoms. The minimum Gasteiger partial charge on any atom is -0.365 e. The van der Waals surface area contributed by atoms with Gasteiger partial charge < -0.3 is 20.5 Å². The molecule has 1 aliphatic carbocycles. The summed E-state index contributed by atoms with van der Waals surface area (Å²) in [5, 5.41) is 7.69. The summed E-state index contributed by atoms with van der Waals surface area (Å²) in [5.74, 6) is 2.05. The van der Waals surface area contributed by atoms with Crippen molar-refractivity contribution in [3.05, 3.63) is 40.4 Å². The molecule has 0 spiro atoms. The molecule has 1 saturated carbocycles. The number of para-hydroxylation sites is 1.